The highest BCUT2D eigenvalue weighted by Crippen LogP contribution is 2.36. The molecule has 1 aliphatic rings. The molecule has 0 aromatic heterocycles. The number of aromatic hydroxyl groups is 1. The molecule has 1 fully saturated rings. The van der Waals surface area contributed by atoms with Crippen LogP contribution in [0.25, 0.3) is 0 Å². The van der Waals surface area contributed by atoms with Gasteiger partial charge in [-0.05, 0) is 0 Å². The molecule has 0 bridgehead atoms. The molecule has 0 saturated carbocycles. The number of rotatable bonds is 7. The van der Waals surface area contributed by atoms with Crippen LogP contribution >= 0.6 is 0 Å². The molecule has 0 unspecified atom stereocenters. The minimum atomic E-state index is -0.0516. The minimum Gasteiger partial charge on any atom is -0.504 e. The van der Waals surface area contributed by atoms with Gasteiger partial charge in [-0.2, -0.15) is 5.26 Å². The molecule has 19 heavy (non-hydrogen) atoms. The third kappa shape index (κ3) is 3.50. The molecule has 1 heterocycles. The predicted molar refractivity (Wildman–Crippen MR) is 68.4 cm³/mol. The molecule has 0 spiro atoms. The van der Waals surface area contributed by atoms with Crippen molar-refractivity contribution in [3.63, 3.8) is 0 Å². The third-order valence-corrected chi connectivity index (χ3v) is 2.71. The maximum absolute atomic E-state index is 9.78. The van der Waals surface area contributed by atoms with Crippen LogP contribution in [0.2, 0.25) is 0 Å². The highest BCUT2D eigenvalue weighted by molar-refractivity contribution is 5.68. The van der Waals surface area contributed by atoms with E-state index in [1.54, 1.807) is 6.07 Å². The molecule has 2 rings (SSSR count). The Morgan fingerprint density at radius 2 is 2.05 bits per heavy atom. The molecule has 0 radical (unpaired) electrons. The highest BCUT2D eigenvalue weighted by Gasteiger charge is 2.23. The Bertz CT molecular complexity index is 480. The van der Waals surface area contributed by atoms with E-state index < -0.39 is 0 Å². The minimum absolute atomic E-state index is 0.0266. The van der Waals surface area contributed by atoms with Gasteiger partial charge in [-0.3, -0.25) is 0 Å². The molecule has 1 saturated heterocycles. The number of phenolic OH excluding ortho intramolecular Hbond substituents is 1. The molecule has 102 valence electrons. The Morgan fingerprint density at radius 3 is 2.68 bits per heavy atom. The zero-order valence-electron chi connectivity index (χ0n) is 10.5. The number of hydrogen-bond acceptors (Lipinski definition) is 6. The summed E-state index contributed by atoms with van der Waals surface area (Å²) in [7, 11) is 0. The fourth-order valence-corrected chi connectivity index (χ4v) is 1.69. The summed E-state index contributed by atoms with van der Waals surface area (Å²) in [5, 5.41) is 27.3. The molecular formula is C13H16N2O4. The summed E-state index contributed by atoms with van der Waals surface area (Å²) >= 11 is 0. The van der Waals surface area contributed by atoms with Gasteiger partial charge in [0.05, 0.1) is 31.1 Å². The highest BCUT2D eigenvalue weighted by atomic mass is 16.5. The van der Waals surface area contributed by atoms with Gasteiger partial charge in [0.15, 0.2) is 11.5 Å². The fraction of sp³-hybridized carbons (Fsp3) is 0.462. The lowest BCUT2D eigenvalue weighted by atomic mass is 10.1. The van der Waals surface area contributed by atoms with Gasteiger partial charge < -0.3 is 24.6 Å². The van der Waals surface area contributed by atoms with Crippen molar-refractivity contribution in [2.45, 2.75) is 0 Å². The summed E-state index contributed by atoms with van der Waals surface area (Å²) in [5.41, 5.74) is 1.23. The lowest BCUT2D eigenvalue weighted by Crippen LogP contribution is -2.09. The van der Waals surface area contributed by atoms with Crippen LogP contribution in [0, 0.1) is 11.3 Å². The lowest BCUT2D eigenvalue weighted by Gasteiger charge is -2.12. The Balaban J connectivity index is 2.00. The number of phenols is 1. The second kappa shape index (κ2) is 6.27. The van der Waals surface area contributed by atoms with Crippen molar-refractivity contribution in [3.8, 4) is 17.6 Å². The Kier molecular flexibility index (Phi) is 4.44. The topological polar surface area (TPSA) is 85.7 Å². The third-order valence-electron chi connectivity index (χ3n) is 2.71. The van der Waals surface area contributed by atoms with Crippen molar-refractivity contribution in [1.29, 1.82) is 5.26 Å². The van der Waals surface area contributed by atoms with Crippen LogP contribution in [0.5, 0.6) is 11.5 Å². The lowest BCUT2D eigenvalue weighted by molar-refractivity contribution is 0.0699. The molecule has 1 aromatic rings. The summed E-state index contributed by atoms with van der Waals surface area (Å²) in [5.74, 6) is 0.290. The predicted octanol–water partition coefficient (Wildman–Crippen LogP) is 0.472. The van der Waals surface area contributed by atoms with E-state index in [1.165, 1.54) is 6.07 Å². The van der Waals surface area contributed by atoms with Crippen LogP contribution < -0.4 is 9.64 Å². The monoisotopic (exact) mass is 264 g/mol. The van der Waals surface area contributed by atoms with E-state index in [9.17, 15) is 5.11 Å². The van der Waals surface area contributed by atoms with E-state index in [1.807, 2.05) is 4.90 Å². The average Bonchev–Trinajstić information content (AvgIpc) is 3.24. The van der Waals surface area contributed by atoms with Gasteiger partial charge in [-0.25, -0.2) is 0 Å². The summed E-state index contributed by atoms with van der Waals surface area (Å²) in [4.78, 5) is 2.02. The largest absolute Gasteiger partial charge is 0.504 e. The van der Waals surface area contributed by atoms with Crippen LogP contribution in [-0.2, 0) is 4.74 Å². The Morgan fingerprint density at radius 1 is 1.26 bits per heavy atom. The molecule has 0 atom stereocenters. The summed E-state index contributed by atoms with van der Waals surface area (Å²) < 4.78 is 10.5. The second-order valence-corrected chi connectivity index (χ2v) is 4.12. The zero-order chi connectivity index (χ0) is 13.7. The average molecular weight is 264 g/mol. The first kappa shape index (κ1) is 13.5. The molecule has 0 amide bonds. The first-order valence-electron chi connectivity index (χ1n) is 6.09. The van der Waals surface area contributed by atoms with Gasteiger partial charge >= 0.3 is 0 Å². The number of nitrogens with zero attached hydrogens (tertiary/aromatic N) is 2. The van der Waals surface area contributed by atoms with E-state index in [-0.39, 0.29) is 25.6 Å². The molecule has 2 N–H and O–H groups in total. The quantitative estimate of drug-likeness (QED) is 0.550. The fourth-order valence-electron chi connectivity index (χ4n) is 1.69. The number of ether oxygens (including phenoxy) is 2. The first-order valence-corrected chi connectivity index (χ1v) is 6.09. The second-order valence-electron chi connectivity index (χ2n) is 4.12. The van der Waals surface area contributed by atoms with Crippen LogP contribution in [0.15, 0.2) is 12.1 Å². The smallest absolute Gasteiger partial charge is 0.163 e. The number of aliphatic hydroxyl groups excluding tert-OH is 1. The van der Waals surface area contributed by atoms with Crippen molar-refractivity contribution in [3.05, 3.63) is 17.7 Å². The van der Waals surface area contributed by atoms with Crippen molar-refractivity contribution in [2.24, 2.45) is 0 Å². The summed E-state index contributed by atoms with van der Waals surface area (Å²) in [6, 6.07) is 5.15. The Labute approximate surface area is 111 Å². The van der Waals surface area contributed by atoms with Gasteiger partial charge in [-0.15, -0.1) is 0 Å². The van der Waals surface area contributed by atoms with Crippen molar-refractivity contribution >= 4 is 5.69 Å². The van der Waals surface area contributed by atoms with E-state index in [4.69, 9.17) is 19.8 Å². The normalized spacial score (nSPS) is 13.2. The van der Waals surface area contributed by atoms with Gasteiger partial charge in [0, 0.05) is 25.2 Å². The van der Waals surface area contributed by atoms with Gasteiger partial charge in [0.2, 0.25) is 0 Å². The van der Waals surface area contributed by atoms with E-state index in [0.29, 0.717) is 17.9 Å². The van der Waals surface area contributed by atoms with Gasteiger partial charge in [0.1, 0.15) is 12.7 Å². The zero-order valence-corrected chi connectivity index (χ0v) is 10.5. The molecule has 1 aliphatic heterocycles. The van der Waals surface area contributed by atoms with Crippen LogP contribution in [-0.4, -0.2) is 49.7 Å². The van der Waals surface area contributed by atoms with E-state index >= 15 is 0 Å². The number of anilines is 1. The van der Waals surface area contributed by atoms with Crippen LogP contribution in [0.3, 0.4) is 0 Å². The van der Waals surface area contributed by atoms with E-state index in [2.05, 4.69) is 6.07 Å². The molecule has 0 aliphatic carbocycles. The molecule has 6 nitrogen and oxygen atoms in total. The van der Waals surface area contributed by atoms with E-state index in [0.717, 1.165) is 18.8 Å². The molecule has 1 aromatic carbocycles. The van der Waals surface area contributed by atoms with Gasteiger partial charge in [-0.1, -0.05) is 0 Å². The maximum Gasteiger partial charge on any atom is 0.163 e. The maximum atomic E-state index is 9.78. The SMILES string of the molecule is N#Cc1cc(O)c(OCCOCCO)cc1N1CC1. The molecule has 6 heteroatoms. The standard InChI is InChI=1S/C13H16N2O4/c14-9-10-7-12(17)13(8-11(10)15-1-2-15)19-6-5-18-4-3-16/h7-8,16-17H,1-6H2. The van der Waals surface area contributed by atoms with Crippen molar-refractivity contribution in [1.82, 2.24) is 0 Å². The summed E-state index contributed by atoms with van der Waals surface area (Å²) in [6.45, 7) is 2.68. The number of benzene rings is 1. The van der Waals surface area contributed by atoms with Crippen LogP contribution in [0.1, 0.15) is 5.56 Å². The van der Waals surface area contributed by atoms with Crippen LogP contribution in [0.4, 0.5) is 5.69 Å². The molecular weight excluding hydrogens is 248 g/mol. The number of nitriles is 1. The van der Waals surface area contributed by atoms with Crippen molar-refractivity contribution in [2.75, 3.05) is 44.4 Å². The van der Waals surface area contributed by atoms with Crippen molar-refractivity contribution < 1.29 is 19.7 Å². The first-order chi connectivity index (χ1) is 9.26. The number of aliphatic hydroxyl groups is 1. The number of hydrogen-bond donors (Lipinski definition) is 2. The Hall–Kier alpha value is -1.97. The van der Waals surface area contributed by atoms with Gasteiger partial charge in [0.25, 0.3) is 0 Å². The summed E-state index contributed by atoms with van der Waals surface area (Å²) in [6.07, 6.45) is 0.